The third-order valence-corrected chi connectivity index (χ3v) is 3.04. The van der Waals surface area contributed by atoms with Gasteiger partial charge in [-0.25, -0.2) is 4.98 Å². The normalized spacial score (nSPS) is 20.3. The van der Waals surface area contributed by atoms with Gasteiger partial charge in [0.25, 0.3) is 0 Å². The first-order valence-electron chi connectivity index (χ1n) is 4.84. The Balaban J connectivity index is 2.46. The van der Waals surface area contributed by atoms with Gasteiger partial charge in [0.1, 0.15) is 5.15 Å². The van der Waals surface area contributed by atoms with Crippen molar-refractivity contribution in [3.05, 3.63) is 28.0 Å². The fourth-order valence-electron chi connectivity index (χ4n) is 1.92. The number of fused-ring (bicyclic) bond motifs is 1. The SMILES string of the molecule is CC1CCc2nc(Cl)c(C=O)cc2C1. The van der Waals surface area contributed by atoms with Crippen molar-refractivity contribution < 1.29 is 4.79 Å². The van der Waals surface area contributed by atoms with Crippen LogP contribution in [0.4, 0.5) is 0 Å². The van der Waals surface area contributed by atoms with Gasteiger partial charge in [0.05, 0.1) is 5.56 Å². The van der Waals surface area contributed by atoms with Gasteiger partial charge in [-0.05, 0) is 36.8 Å². The van der Waals surface area contributed by atoms with E-state index in [1.54, 1.807) is 0 Å². The van der Waals surface area contributed by atoms with Crippen molar-refractivity contribution in [2.75, 3.05) is 0 Å². The lowest BCUT2D eigenvalue weighted by Crippen LogP contribution is -2.13. The highest BCUT2D eigenvalue weighted by Gasteiger charge is 2.18. The maximum Gasteiger partial charge on any atom is 0.153 e. The van der Waals surface area contributed by atoms with Gasteiger partial charge >= 0.3 is 0 Å². The van der Waals surface area contributed by atoms with Crippen molar-refractivity contribution in [2.45, 2.75) is 26.2 Å². The Morgan fingerprint density at radius 1 is 1.64 bits per heavy atom. The van der Waals surface area contributed by atoms with Crippen LogP contribution >= 0.6 is 11.6 Å². The van der Waals surface area contributed by atoms with Crippen LogP contribution in [-0.2, 0) is 12.8 Å². The molecule has 14 heavy (non-hydrogen) atoms. The standard InChI is InChI=1S/C11H12ClNO/c1-7-2-3-10-8(4-7)5-9(6-14)11(12)13-10/h5-7H,2-4H2,1H3. The minimum absolute atomic E-state index is 0.341. The number of aromatic nitrogens is 1. The molecule has 0 N–H and O–H groups in total. The lowest BCUT2D eigenvalue weighted by atomic mass is 9.87. The first-order valence-corrected chi connectivity index (χ1v) is 5.22. The van der Waals surface area contributed by atoms with E-state index in [4.69, 9.17) is 11.6 Å². The molecule has 0 aliphatic heterocycles. The predicted molar refractivity (Wildman–Crippen MR) is 55.8 cm³/mol. The molecule has 1 aromatic heterocycles. The summed E-state index contributed by atoms with van der Waals surface area (Å²) in [5.74, 6) is 0.685. The molecule has 1 aliphatic rings. The van der Waals surface area contributed by atoms with E-state index in [1.807, 2.05) is 6.07 Å². The van der Waals surface area contributed by atoms with E-state index in [0.717, 1.165) is 31.2 Å². The molecule has 0 spiro atoms. The Labute approximate surface area is 88.3 Å². The molecule has 0 saturated carbocycles. The Morgan fingerprint density at radius 3 is 3.14 bits per heavy atom. The highest BCUT2D eigenvalue weighted by molar-refractivity contribution is 6.31. The quantitative estimate of drug-likeness (QED) is 0.526. The largest absolute Gasteiger partial charge is 0.298 e. The number of rotatable bonds is 1. The fraction of sp³-hybridized carbons (Fsp3) is 0.455. The molecule has 0 saturated heterocycles. The minimum atomic E-state index is 0.341. The summed E-state index contributed by atoms with van der Waals surface area (Å²) in [5, 5.41) is 0.341. The smallest absolute Gasteiger partial charge is 0.153 e. The summed E-state index contributed by atoms with van der Waals surface area (Å²) >= 11 is 5.86. The molecule has 0 bridgehead atoms. The van der Waals surface area contributed by atoms with E-state index in [2.05, 4.69) is 11.9 Å². The molecule has 1 aromatic rings. The van der Waals surface area contributed by atoms with Gasteiger partial charge in [-0.2, -0.15) is 0 Å². The van der Waals surface area contributed by atoms with E-state index in [9.17, 15) is 4.79 Å². The number of halogens is 1. The molecule has 74 valence electrons. The average Bonchev–Trinajstić information content (AvgIpc) is 2.17. The predicted octanol–water partition coefficient (Wildman–Crippen LogP) is 2.67. The number of aldehydes is 1. The second kappa shape index (κ2) is 3.70. The van der Waals surface area contributed by atoms with Crippen molar-refractivity contribution in [1.82, 2.24) is 4.98 Å². The van der Waals surface area contributed by atoms with Crippen LogP contribution in [0.2, 0.25) is 5.15 Å². The minimum Gasteiger partial charge on any atom is -0.298 e. The van der Waals surface area contributed by atoms with Gasteiger partial charge in [-0.15, -0.1) is 0 Å². The molecule has 1 unspecified atom stereocenters. The van der Waals surface area contributed by atoms with E-state index in [0.29, 0.717) is 16.6 Å². The number of nitrogens with zero attached hydrogens (tertiary/aromatic N) is 1. The summed E-state index contributed by atoms with van der Waals surface area (Å²) in [4.78, 5) is 14.9. The summed E-state index contributed by atoms with van der Waals surface area (Å²) < 4.78 is 0. The molecular weight excluding hydrogens is 198 g/mol. The van der Waals surface area contributed by atoms with Crippen molar-refractivity contribution in [3.63, 3.8) is 0 Å². The molecule has 0 fully saturated rings. The van der Waals surface area contributed by atoms with Gasteiger partial charge in [0, 0.05) is 5.69 Å². The van der Waals surface area contributed by atoms with E-state index in [-0.39, 0.29) is 0 Å². The summed E-state index contributed by atoms with van der Waals surface area (Å²) in [6.45, 7) is 2.22. The zero-order valence-corrected chi connectivity index (χ0v) is 8.84. The third-order valence-electron chi connectivity index (χ3n) is 2.74. The molecule has 1 aliphatic carbocycles. The van der Waals surface area contributed by atoms with Gasteiger partial charge in [-0.3, -0.25) is 4.79 Å². The van der Waals surface area contributed by atoms with Crippen molar-refractivity contribution in [2.24, 2.45) is 5.92 Å². The van der Waals surface area contributed by atoms with E-state index >= 15 is 0 Å². The number of aryl methyl sites for hydroxylation is 1. The number of hydrogen-bond donors (Lipinski definition) is 0. The van der Waals surface area contributed by atoms with Gasteiger partial charge in [0.2, 0.25) is 0 Å². The van der Waals surface area contributed by atoms with Crippen molar-refractivity contribution >= 4 is 17.9 Å². The Kier molecular flexibility index (Phi) is 2.55. The van der Waals surface area contributed by atoms with Crippen LogP contribution < -0.4 is 0 Å². The Bertz CT molecular complexity index is 376. The van der Waals surface area contributed by atoms with Crippen molar-refractivity contribution in [1.29, 1.82) is 0 Å². The number of carbonyl (C=O) groups excluding carboxylic acids is 1. The maximum atomic E-state index is 10.7. The molecule has 1 heterocycles. The Morgan fingerprint density at radius 2 is 2.43 bits per heavy atom. The summed E-state index contributed by atoms with van der Waals surface area (Å²) in [7, 11) is 0. The van der Waals surface area contributed by atoms with E-state index < -0.39 is 0 Å². The zero-order chi connectivity index (χ0) is 10.1. The van der Waals surface area contributed by atoms with Crippen LogP contribution in [0.1, 0.15) is 35.0 Å². The first kappa shape index (κ1) is 9.66. The Hall–Kier alpha value is -0.890. The topological polar surface area (TPSA) is 30.0 Å². The molecule has 0 radical (unpaired) electrons. The van der Waals surface area contributed by atoms with E-state index in [1.165, 1.54) is 5.56 Å². The first-order chi connectivity index (χ1) is 6.70. The zero-order valence-electron chi connectivity index (χ0n) is 8.09. The van der Waals surface area contributed by atoms with Crippen LogP contribution in [0.25, 0.3) is 0 Å². The summed E-state index contributed by atoms with van der Waals surface area (Å²) in [6.07, 6.45) is 3.93. The molecule has 0 amide bonds. The summed E-state index contributed by atoms with van der Waals surface area (Å²) in [5.41, 5.74) is 2.77. The molecule has 0 aromatic carbocycles. The lowest BCUT2D eigenvalue weighted by Gasteiger charge is -2.20. The van der Waals surface area contributed by atoms with Crippen LogP contribution in [0.15, 0.2) is 6.07 Å². The number of pyridine rings is 1. The highest BCUT2D eigenvalue weighted by Crippen LogP contribution is 2.26. The average molecular weight is 210 g/mol. The number of hydrogen-bond acceptors (Lipinski definition) is 2. The maximum absolute atomic E-state index is 10.7. The fourth-order valence-corrected chi connectivity index (χ4v) is 2.12. The van der Waals surface area contributed by atoms with Gasteiger partial charge in [-0.1, -0.05) is 18.5 Å². The lowest BCUT2D eigenvalue weighted by molar-refractivity contribution is 0.112. The second-order valence-electron chi connectivity index (χ2n) is 3.94. The van der Waals surface area contributed by atoms with Crippen LogP contribution in [-0.4, -0.2) is 11.3 Å². The van der Waals surface area contributed by atoms with Crippen LogP contribution in [0.3, 0.4) is 0 Å². The highest BCUT2D eigenvalue weighted by atomic mass is 35.5. The van der Waals surface area contributed by atoms with Gasteiger partial charge in [0.15, 0.2) is 6.29 Å². The van der Waals surface area contributed by atoms with Crippen LogP contribution in [0.5, 0.6) is 0 Å². The summed E-state index contributed by atoms with van der Waals surface area (Å²) in [6, 6.07) is 1.88. The number of carbonyl (C=O) groups is 1. The monoisotopic (exact) mass is 209 g/mol. The molecule has 1 atom stereocenters. The molecule has 2 rings (SSSR count). The van der Waals surface area contributed by atoms with Gasteiger partial charge < -0.3 is 0 Å². The third kappa shape index (κ3) is 1.67. The van der Waals surface area contributed by atoms with Crippen LogP contribution in [0, 0.1) is 5.92 Å². The molecular formula is C11H12ClNO. The molecule has 3 heteroatoms. The second-order valence-corrected chi connectivity index (χ2v) is 4.30. The van der Waals surface area contributed by atoms with Crippen molar-refractivity contribution in [3.8, 4) is 0 Å². The molecule has 2 nitrogen and oxygen atoms in total.